The minimum atomic E-state index is -0.484. The Kier molecular flexibility index (Phi) is 44.1. The van der Waals surface area contributed by atoms with Crippen molar-refractivity contribution in [3.63, 3.8) is 0 Å². The van der Waals surface area contributed by atoms with Gasteiger partial charge in [-0.15, -0.1) is 0 Å². The molecule has 0 saturated heterocycles. The molecular formula is C50H93O3. The Balaban J connectivity index is 3.40. The number of carbonyl (C=O) groups is 2. The maximum Gasteiger partial charge on any atom is 0.209 e. The van der Waals surface area contributed by atoms with Gasteiger partial charge in [-0.25, -0.2) is 0 Å². The molecule has 0 aromatic rings. The SMILES string of the molecule is CCCCCCCC/C=C\CCCCCCCC(=O)CCCCCCCCCCCCCCC([C]=O)C(=O)CCCCCCCCCCCCCCC. The van der Waals surface area contributed by atoms with Crippen molar-refractivity contribution in [2.75, 3.05) is 0 Å². The normalized spacial score (nSPS) is 12.2. The number of carbonyl (C=O) groups excluding carboxylic acids is 3. The third kappa shape index (κ3) is 41.7. The molecule has 3 heteroatoms. The Bertz CT molecular complexity index is 786. The third-order valence-corrected chi connectivity index (χ3v) is 11.5. The van der Waals surface area contributed by atoms with Crippen LogP contribution in [0.4, 0.5) is 0 Å². The van der Waals surface area contributed by atoms with Crippen LogP contribution in [0.1, 0.15) is 284 Å². The zero-order chi connectivity index (χ0) is 38.6. The fourth-order valence-electron chi connectivity index (χ4n) is 7.73. The summed E-state index contributed by atoms with van der Waals surface area (Å²) in [4.78, 5) is 36.2. The Hall–Kier alpha value is -1.25. The van der Waals surface area contributed by atoms with Crippen molar-refractivity contribution in [1.29, 1.82) is 0 Å². The Labute approximate surface area is 332 Å². The number of ketones is 2. The number of hydrogen-bond acceptors (Lipinski definition) is 3. The summed E-state index contributed by atoms with van der Waals surface area (Å²) in [5.74, 6) is 0.130. The van der Waals surface area contributed by atoms with E-state index in [1.165, 1.54) is 205 Å². The fraction of sp³-hybridized carbons (Fsp3) is 0.900. The second-order valence-corrected chi connectivity index (χ2v) is 16.8. The van der Waals surface area contributed by atoms with E-state index in [4.69, 9.17) is 0 Å². The number of rotatable bonds is 46. The molecule has 0 aromatic heterocycles. The average molecular weight is 742 g/mol. The van der Waals surface area contributed by atoms with Gasteiger partial charge < -0.3 is 0 Å². The lowest BCUT2D eigenvalue weighted by molar-refractivity contribution is -0.121. The molecule has 311 valence electrons. The van der Waals surface area contributed by atoms with E-state index >= 15 is 0 Å². The van der Waals surface area contributed by atoms with Crippen LogP contribution in [0.5, 0.6) is 0 Å². The van der Waals surface area contributed by atoms with Crippen LogP contribution in [-0.2, 0) is 14.4 Å². The summed E-state index contributed by atoms with van der Waals surface area (Å²) < 4.78 is 0. The highest BCUT2D eigenvalue weighted by molar-refractivity contribution is 5.93. The van der Waals surface area contributed by atoms with Crippen molar-refractivity contribution in [2.45, 2.75) is 284 Å². The largest absolute Gasteiger partial charge is 0.300 e. The Morgan fingerprint density at radius 2 is 0.660 bits per heavy atom. The zero-order valence-corrected chi connectivity index (χ0v) is 36.2. The van der Waals surface area contributed by atoms with E-state index in [2.05, 4.69) is 32.3 Å². The first-order chi connectivity index (χ1) is 26.2. The first-order valence-electron chi connectivity index (χ1n) is 24.2. The summed E-state index contributed by atoms with van der Waals surface area (Å²) in [6.45, 7) is 4.55. The monoisotopic (exact) mass is 742 g/mol. The van der Waals surface area contributed by atoms with Crippen LogP contribution in [0.25, 0.3) is 0 Å². The molecule has 0 aliphatic carbocycles. The molecule has 0 N–H and O–H groups in total. The summed E-state index contributed by atoms with van der Waals surface area (Å²) in [6.07, 6.45) is 58.3. The first kappa shape index (κ1) is 51.8. The van der Waals surface area contributed by atoms with Gasteiger partial charge in [-0.3, -0.25) is 14.4 Å². The van der Waals surface area contributed by atoms with Crippen molar-refractivity contribution < 1.29 is 14.4 Å². The van der Waals surface area contributed by atoms with Gasteiger partial charge in [0.1, 0.15) is 11.6 Å². The molecule has 1 radical (unpaired) electrons. The molecule has 0 heterocycles. The van der Waals surface area contributed by atoms with E-state index in [-0.39, 0.29) is 5.78 Å². The van der Waals surface area contributed by atoms with Gasteiger partial charge >= 0.3 is 0 Å². The molecule has 0 saturated carbocycles. The van der Waals surface area contributed by atoms with Crippen LogP contribution < -0.4 is 0 Å². The number of unbranched alkanes of at least 4 members (excludes halogenated alkanes) is 34. The predicted octanol–water partition coefficient (Wildman–Crippen LogP) is 16.8. The van der Waals surface area contributed by atoms with Gasteiger partial charge in [-0.2, -0.15) is 0 Å². The molecule has 0 aliphatic rings. The summed E-state index contributed by atoms with van der Waals surface area (Å²) in [5, 5.41) is 0. The van der Waals surface area contributed by atoms with Crippen LogP contribution in [0.2, 0.25) is 0 Å². The van der Waals surface area contributed by atoms with Crippen molar-refractivity contribution in [3.8, 4) is 0 Å². The van der Waals surface area contributed by atoms with Crippen molar-refractivity contribution >= 4 is 17.9 Å². The topological polar surface area (TPSA) is 51.2 Å². The van der Waals surface area contributed by atoms with Gasteiger partial charge in [0, 0.05) is 19.3 Å². The smallest absolute Gasteiger partial charge is 0.209 e. The number of hydrogen-bond donors (Lipinski definition) is 0. The van der Waals surface area contributed by atoms with E-state index in [1.807, 2.05) is 0 Å². The van der Waals surface area contributed by atoms with E-state index in [0.717, 1.165) is 51.4 Å². The lowest BCUT2D eigenvalue weighted by Crippen LogP contribution is -2.15. The predicted molar refractivity (Wildman–Crippen MR) is 234 cm³/mol. The van der Waals surface area contributed by atoms with E-state index in [9.17, 15) is 14.4 Å². The minimum Gasteiger partial charge on any atom is -0.300 e. The van der Waals surface area contributed by atoms with E-state index in [0.29, 0.717) is 18.6 Å². The lowest BCUT2D eigenvalue weighted by Gasteiger charge is -2.09. The van der Waals surface area contributed by atoms with Crippen LogP contribution >= 0.6 is 0 Å². The average Bonchev–Trinajstić information content (AvgIpc) is 3.16. The summed E-state index contributed by atoms with van der Waals surface area (Å²) >= 11 is 0. The first-order valence-corrected chi connectivity index (χ1v) is 24.2. The standard InChI is InChI=1S/C50H93O3/c1-3-5-7-9-11-13-15-17-18-20-24-28-32-36-40-44-49(52)45-41-37-33-29-25-22-21-23-27-31-35-39-43-48(47-51)50(53)46-42-38-34-30-26-19-16-14-12-10-8-6-4-2/h17-18,48H,3-16,19-46H2,1-2H3/b18-17-. The molecule has 0 bridgehead atoms. The van der Waals surface area contributed by atoms with Gasteiger partial charge in [0.25, 0.3) is 0 Å². The van der Waals surface area contributed by atoms with Crippen LogP contribution in [0.3, 0.4) is 0 Å². The second-order valence-electron chi connectivity index (χ2n) is 16.8. The summed E-state index contributed by atoms with van der Waals surface area (Å²) in [7, 11) is 0. The quantitative estimate of drug-likeness (QED) is 0.0355. The lowest BCUT2D eigenvalue weighted by atomic mass is 9.94. The van der Waals surface area contributed by atoms with Crippen LogP contribution in [0, 0.1) is 5.92 Å². The molecule has 0 amide bonds. The Morgan fingerprint density at radius 1 is 0.377 bits per heavy atom. The highest BCUT2D eigenvalue weighted by Gasteiger charge is 2.17. The van der Waals surface area contributed by atoms with Gasteiger partial charge in [-0.05, 0) is 51.4 Å². The second kappa shape index (κ2) is 45.1. The van der Waals surface area contributed by atoms with Gasteiger partial charge in [0.2, 0.25) is 6.29 Å². The molecule has 0 rings (SSSR count). The van der Waals surface area contributed by atoms with Crippen molar-refractivity contribution in [3.05, 3.63) is 12.2 Å². The zero-order valence-electron chi connectivity index (χ0n) is 36.2. The molecule has 1 unspecified atom stereocenters. The van der Waals surface area contributed by atoms with Gasteiger partial charge in [0.05, 0.1) is 5.92 Å². The minimum absolute atomic E-state index is 0.128. The molecule has 0 spiro atoms. The molecule has 0 aliphatic heterocycles. The summed E-state index contributed by atoms with van der Waals surface area (Å²) in [6, 6.07) is 0. The molecule has 1 atom stereocenters. The molecular weight excluding hydrogens is 649 g/mol. The van der Waals surface area contributed by atoms with Gasteiger partial charge in [-0.1, -0.05) is 225 Å². The highest BCUT2D eigenvalue weighted by atomic mass is 16.1. The van der Waals surface area contributed by atoms with Crippen LogP contribution in [0.15, 0.2) is 12.2 Å². The van der Waals surface area contributed by atoms with E-state index < -0.39 is 5.92 Å². The van der Waals surface area contributed by atoms with Crippen LogP contribution in [-0.4, -0.2) is 17.9 Å². The summed E-state index contributed by atoms with van der Waals surface area (Å²) in [5.41, 5.74) is 0. The van der Waals surface area contributed by atoms with E-state index in [1.54, 1.807) is 0 Å². The third-order valence-electron chi connectivity index (χ3n) is 11.5. The molecule has 0 aromatic carbocycles. The van der Waals surface area contributed by atoms with Crippen molar-refractivity contribution in [2.24, 2.45) is 5.92 Å². The highest BCUT2D eigenvalue weighted by Crippen LogP contribution is 2.18. The van der Waals surface area contributed by atoms with Crippen molar-refractivity contribution in [1.82, 2.24) is 0 Å². The maximum atomic E-state index is 12.5. The maximum absolute atomic E-state index is 12.5. The van der Waals surface area contributed by atoms with Gasteiger partial charge in [0.15, 0.2) is 0 Å². The number of allylic oxidation sites excluding steroid dienone is 2. The Morgan fingerprint density at radius 3 is 1.00 bits per heavy atom. The molecule has 53 heavy (non-hydrogen) atoms. The molecule has 3 nitrogen and oxygen atoms in total. The number of Topliss-reactive ketones (excluding diaryl/α,β-unsaturated/α-hetero) is 2. The fourth-order valence-corrected chi connectivity index (χ4v) is 7.73. The molecule has 0 fully saturated rings.